The molecule has 0 bridgehead atoms. The van der Waals surface area contributed by atoms with Gasteiger partial charge in [0.25, 0.3) is 0 Å². The van der Waals surface area contributed by atoms with Gasteiger partial charge in [0.05, 0.1) is 10.0 Å². The van der Waals surface area contributed by atoms with Crippen LogP contribution in [0.25, 0.3) is 0 Å². The molecule has 0 unspecified atom stereocenters. The lowest BCUT2D eigenvalue weighted by atomic mass is 10.3. The molecular weight excluding hydrogens is 478 g/mol. The standard InChI is InChI=1S/C14H13ClF3N3OS.HI/c15-12-6-5-9(23-12)7-8-20-13(19)21-10-3-1-2-4-11(10)22-14(16,17)18;/h1-6H,7-8H2,(H3,19,20,21);1H. The average Bonchev–Trinajstić information content (AvgIpc) is 2.85. The molecule has 1 aromatic carbocycles. The minimum Gasteiger partial charge on any atom is -0.404 e. The van der Waals surface area contributed by atoms with Crippen LogP contribution in [0.3, 0.4) is 0 Å². The molecule has 0 saturated heterocycles. The summed E-state index contributed by atoms with van der Waals surface area (Å²) in [7, 11) is 0. The van der Waals surface area contributed by atoms with Gasteiger partial charge >= 0.3 is 6.36 Å². The van der Waals surface area contributed by atoms with E-state index in [0.717, 1.165) is 4.88 Å². The predicted octanol–water partition coefficient (Wildman–Crippen LogP) is 4.89. The number of nitrogens with two attached hydrogens (primary N) is 1. The number of nitrogens with zero attached hydrogens (tertiary/aromatic N) is 1. The maximum absolute atomic E-state index is 12.3. The molecule has 0 saturated carbocycles. The Morgan fingerprint density at radius 1 is 1.25 bits per heavy atom. The number of anilines is 1. The summed E-state index contributed by atoms with van der Waals surface area (Å²) < 4.78 is 41.6. The first kappa shape index (κ1) is 20.8. The predicted molar refractivity (Wildman–Crippen MR) is 102 cm³/mol. The Balaban J connectivity index is 0.00000288. The SMILES string of the molecule is I.NC(=NCCc1ccc(Cl)s1)Nc1ccccc1OC(F)(F)F. The van der Waals surface area contributed by atoms with Gasteiger partial charge in [0.2, 0.25) is 0 Å². The first-order valence-corrected chi connectivity index (χ1v) is 7.69. The molecule has 2 rings (SSSR count). The molecule has 24 heavy (non-hydrogen) atoms. The summed E-state index contributed by atoms with van der Waals surface area (Å²) in [5, 5.41) is 2.60. The van der Waals surface area contributed by atoms with Crippen LogP contribution in [0, 0.1) is 0 Å². The summed E-state index contributed by atoms with van der Waals surface area (Å²) in [5.74, 6) is -0.367. The van der Waals surface area contributed by atoms with Crippen molar-refractivity contribution in [2.75, 3.05) is 11.9 Å². The van der Waals surface area contributed by atoms with Crippen LogP contribution in [0.1, 0.15) is 4.88 Å². The van der Waals surface area contributed by atoms with Gasteiger partial charge in [-0.05, 0) is 24.3 Å². The fourth-order valence-corrected chi connectivity index (χ4v) is 2.81. The number of para-hydroxylation sites is 2. The molecule has 0 aliphatic heterocycles. The Morgan fingerprint density at radius 3 is 2.58 bits per heavy atom. The highest BCUT2D eigenvalue weighted by Gasteiger charge is 2.32. The third kappa shape index (κ3) is 7.14. The minimum absolute atomic E-state index is 0. The molecule has 1 aromatic heterocycles. The number of benzene rings is 1. The second-order valence-corrected chi connectivity index (χ2v) is 6.19. The number of nitrogens with one attached hydrogen (secondary N) is 1. The van der Waals surface area contributed by atoms with Crippen LogP contribution >= 0.6 is 46.9 Å². The zero-order valence-electron chi connectivity index (χ0n) is 12.1. The molecule has 0 radical (unpaired) electrons. The molecule has 132 valence electrons. The van der Waals surface area contributed by atoms with Crippen molar-refractivity contribution in [2.45, 2.75) is 12.8 Å². The molecule has 0 spiro atoms. The number of hydrogen-bond donors (Lipinski definition) is 2. The highest BCUT2D eigenvalue weighted by molar-refractivity contribution is 14.0. The maximum Gasteiger partial charge on any atom is 0.573 e. The third-order valence-electron chi connectivity index (χ3n) is 2.64. The van der Waals surface area contributed by atoms with Crippen LogP contribution in [-0.2, 0) is 6.42 Å². The van der Waals surface area contributed by atoms with Gasteiger partial charge in [0.15, 0.2) is 11.7 Å². The highest BCUT2D eigenvalue weighted by Crippen LogP contribution is 2.29. The smallest absolute Gasteiger partial charge is 0.404 e. The van der Waals surface area contributed by atoms with Crippen molar-refractivity contribution >= 4 is 58.6 Å². The van der Waals surface area contributed by atoms with Crippen LogP contribution in [-0.4, -0.2) is 18.9 Å². The van der Waals surface area contributed by atoms with Gasteiger partial charge in [-0.2, -0.15) is 0 Å². The Bertz CT molecular complexity index is 694. The highest BCUT2D eigenvalue weighted by atomic mass is 127. The number of hydrogen-bond acceptors (Lipinski definition) is 3. The molecule has 0 fully saturated rings. The molecule has 0 amide bonds. The van der Waals surface area contributed by atoms with E-state index < -0.39 is 6.36 Å². The van der Waals surface area contributed by atoms with Crippen molar-refractivity contribution in [1.29, 1.82) is 0 Å². The van der Waals surface area contributed by atoms with Crippen molar-refractivity contribution in [3.63, 3.8) is 0 Å². The summed E-state index contributed by atoms with van der Waals surface area (Å²) in [6.07, 6.45) is -4.14. The van der Waals surface area contributed by atoms with E-state index in [1.807, 2.05) is 6.07 Å². The first-order valence-electron chi connectivity index (χ1n) is 6.49. The summed E-state index contributed by atoms with van der Waals surface area (Å²) in [6.45, 7) is 0.387. The zero-order chi connectivity index (χ0) is 16.9. The topological polar surface area (TPSA) is 59.6 Å². The number of guanidine groups is 1. The van der Waals surface area contributed by atoms with E-state index in [1.54, 1.807) is 12.1 Å². The Labute approximate surface area is 162 Å². The number of aliphatic imine (C=N–C) groups is 1. The normalized spacial score (nSPS) is 11.8. The van der Waals surface area contributed by atoms with Gasteiger partial charge in [0.1, 0.15) is 0 Å². The molecule has 4 nitrogen and oxygen atoms in total. The van der Waals surface area contributed by atoms with E-state index in [-0.39, 0.29) is 41.4 Å². The molecule has 0 aliphatic rings. The van der Waals surface area contributed by atoms with Crippen LogP contribution in [0.4, 0.5) is 18.9 Å². The molecule has 2 aromatic rings. The molecular formula is C14H14ClF3IN3OS. The monoisotopic (exact) mass is 491 g/mol. The molecule has 1 heterocycles. The van der Waals surface area contributed by atoms with Gasteiger partial charge in [0, 0.05) is 17.8 Å². The summed E-state index contributed by atoms with van der Waals surface area (Å²) in [5.41, 5.74) is 5.78. The summed E-state index contributed by atoms with van der Waals surface area (Å²) >= 11 is 7.26. The van der Waals surface area contributed by atoms with E-state index in [9.17, 15) is 13.2 Å². The van der Waals surface area contributed by atoms with E-state index in [2.05, 4.69) is 15.0 Å². The van der Waals surface area contributed by atoms with Gasteiger partial charge in [-0.15, -0.1) is 48.5 Å². The van der Waals surface area contributed by atoms with Crippen LogP contribution in [0.5, 0.6) is 5.75 Å². The third-order valence-corrected chi connectivity index (χ3v) is 3.94. The summed E-state index contributed by atoms with van der Waals surface area (Å²) in [4.78, 5) is 5.12. The average molecular weight is 492 g/mol. The quantitative estimate of drug-likeness (QED) is 0.356. The Hall–Kier alpha value is -1.20. The summed E-state index contributed by atoms with van der Waals surface area (Å²) in [6, 6.07) is 9.28. The largest absolute Gasteiger partial charge is 0.573 e. The van der Waals surface area contributed by atoms with Crippen molar-refractivity contribution in [2.24, 2.45) is 10.7 Å². The van der Waals surface area contributed by atoms with Crippen LogP contribution in [0.2, 0.25) is 4.34 Å². The van der Waals surface area contributed by atoms with Crippen molar-refractivity contribution in [1.82, 2.24) is 0 Å². The van der Waals surface area contributed by atoms with E-state index >= 15 is 0 Å². The van der Waals surface area contributed by atoms with Crippen LogP contribution < -0.4 is 15.8 Å². The van der Waals surface area contributed by atoms with E-state index in [1.165, 1.54) is 29.5 Å². The second kappa shape index (κ2) is 9.33. The van der Waals surface area contributed by atoms with Gasteiger partial charge in [-0.3, -0.25) is 4.99 Å². The number of rotatable bonds is 5. The van der Waals surface area contributed by atoms with Gasteiger partial charge in [-0.25, -0.2) is 0 Å². The van der Waals surface area contributed by atoms with Crippen LogP contribution in [0.15, 0.2) is 41.4 Å². The van der Waals surface area contributed by atoms with Crippen molar-refractivity contribution < 1.29 is 17.9 Å². The number of ether oxygens (including phenoxy) is 1. The number of thiophene rings is 1. The molecule has 10 heteroatoms. The lowest BCUT2D eigenvalue weighted by Crippen LogP contribution is -2.24. The maximum atomic E-state index is 12.3. The van der Waals surface area contributed by atoms with Gasteiger partial charge in [-0.1, -0.05) is 23.7 Å². The fraction of sp³-hybridized carbons (Fsp3) is 0.214. The van der Waals surface area contributed by atoms with Gasteiger partial charge < -0.3 is 15.8 Å². The van der Waals surface area contributed by atoms with E-state index in [4.69, 9.17) is 17.3 Å². The number of halogens is 5. The lowest BCUT2D eigenvalue weighted by Gasteiger charge is -2.14. The van der Waals surface area contributed by atoms with Crippen molar-refractivity contribution in [3.05, 3.63) is 45.6 Å². The van der Waals surface area contributed by atoms with E-state index in [0.29, 0.717) is 17.3 Å². The fourth-order valence-electron chi connectivity index (χ4n) is 1.73. The van der Waals surface area contributed by atoms with Crippen molar-refractivity contribution in [3.8, 4) is 5.75 Å². The minimum atomic E-state index is -4.78. The zero-order valence-corrected chi connectivity index (χ0v) is 16.0. The number of alkyl halides is 3. The Morgan fingerprint density at radius 2 is 1.96 bits per heavy atom. The first-order chi connectivity index (χ1) is 10.8. The molecule has 3 N–H and O–H groups in total. The Kier molecular flexibility index (Phi) is 8.10. The molecule has 0 aliphatic carbocycles. The molecule has 0 atom stereocenters. The second-order valence-electron chi connectivity index (χ2n) is 4.39. The lowest BCUT2D eigenvalue weighted by molar-refractivity contribution is -0.274.